The molecular formula is C13H11F17NO2S. The van der Waals surface area contributed by atoms with E-state index in [1.54, 1.807) is 0 Å². The standard InChI is InChI=1S/C13H11F17NO2S/c1-3-5-31(4-2)34(32,33)13(29,30)11(24,25)9(20,21)7(16,17)6(14,15)8(18,19)10(22,23)12(26,27)28/h1,3-5H2,2H3. The Balaban J connectivity index is 7.01. The Kier molecular flexibility index (Phi) is 8.35. The lowest BCUT2D eigenvalue weighted by Gasteiger charge is -2.43. The average Bonchev–Trinajstić information content (AvgIpc) is 2.63. The van der Waals surface area contributed by atoms with Crippen LogP contribution >= 0.6 is 0 Å². The summed E-state index contributed by atoms with van der Waals surface area (Å²) in [7, 11) is -7.21. The number of hydrogen-bond acceptors (Lipinski definition) is 2. The van der Waals surface area contributed by atoms with Gasteiger partial charge in [0.1, 0.15) is 0 Å². The molecule has 1 radical (unpaired) electrons. The maximum absolute atomic E-state index is 13.9. The van der Waals surface area contributed by atoms with Crippen LogP contribution in [0.25, 0.3) is 0 Å². The number of alkyl halides is 17. The van der Waals surface area contributed by atoms with Gasteiger partial charge in [0, 0.05) is 13.1 Å². The Morgan fingerprint density at radius 3 is 1.15 bits per heavy atom. The third-order valence-electron chi connectivity index (χ3n) is 4.12. The zero-order valence-corrected chi connectivity index (χ0v) is 16.7. The summed E-state index contributed by atoms with van der Waals surface area (Å²) in [5.74, 6) is -51.5. The van der Waals surface area contributed by atoms with Crippen molar-refractivity contribution in [2.45, 2.75) is 60.3 Å². The molecule has 0 rings (SSSR count). The SMILES string of the molecule is [CH2]CCN(CC)S(=O)(=O)C(F)(F)C(F)(F)C(F)(F)C(F)(F)C(F)(F)C(F)(F)C(F)(F)C(F)(F)F. The molecule has 21 heteroatoms. The van der Waals surface area contributed by atoms with Crippen LogP contribution in [0.2, 0.25) is 0 Å². The van der Waals surface area contributed by atoms with E-state index < -0.39 is 80.8 Å². The lowest BCUT2D eigenvalue weighted by molar-refractivity contribution is -0.458. The molecule has 0 atom stereocenters. The highest BCUT2D eigenvalue weighted by Crippen LogP contribution is 2.64. The first-order valence-electron chi connectivity index (χ1n) is 8.02. The highest BCUT2D eigenvalue weighted by molar-refractivity contribution is 7.90. The van der Waals surface area contributed by atoms with Crippen molar-refractivity contribution in [2.24, 2.45) is 0 Å². The van der Waals surface area contributed by atoms with Crippen LogP contribution in [-0.4, -0.2) is 72.8 Å². The van der Waals surface area contributed by atoms with Gasteiger partial charge in [-0.05, 0) is 6.42 Å². The van der Waals surface area contributed by atoms with Gasteiger partial charge in [0.25, 0.3) is 10.0 Å². The van der Waals surface area contributed by atoms with E-state index in [1.807, 2.05) is 0 Å². The second-order valence-electron chi connectivity index (χ2n) is 6.31. The van der Waals surface area contributed by atoms with Gasteiger partial charge in [0.05, 0.1) is 0 Å². The molecule has 0 saturated carbocycles. The predicted molar refractivity (Wildman–Crippen MR) is 76.8 cm³/mol. The van der Waals surface area contributed by atoms with E-state index in [0.29, 0.717) is 6.92 Å². The Hall–Kier alpha value is -1.28. The quantitative estimate of drug-likeness (QED) is 0.295. The van der Waals surface area contributed by atoms with Crippen LogP contribution in [-0.2, 0) is 10.0 Å². The van der Waals surface area contributed by atoms with Gasteiger partial charge in [-0.2, -0.15) is 78.9 Å². The number of hydrogen-bond donors (Lipinski definition) is 0. The summed E-state index contributed by atoms with van der Waals surface area (Å²) in [6.07, 6.45) is -8.62. The van der Waals surface area contributed by atoms with Crippen molar-refractivity contribution < 1.29 is 83.1 Å². The molecule has 0 bridgehead atoms. The number of rotatable bonds is 11. The molecule has 0 aromatic rings. The summed E-state index contributed by atoms with van der Waals surface area (Å²) in [6.45, 7) is 0.923. The third-order valence-corrected chi connectivity index (χ3v) is 6.14. The van der Waals surface area contributed by atoms with Gasteiger partial charge < -0.3 is 0 Å². The summed E-state index contributed by atoms with van der Waals surface area (Å²) in [5.41, 5.74) is 0. The zero-order valence-electron chi connectivity index (χ0n) is 15.9. The van der Waals surface area contributed by atoms with E-state index in [1.165, 1.54) is 0 Å². The number of sulfonamides is 1. The van der Waals surface area contributed by atoms with Gasteiger partial charge in [-0.25, -0.2) is 8.42 Å². The molecule has 205 valence electrons. The molecule has 0 aliphatic heterocycles. The molecule has 0 N–H and O–H groups in total. The fourth-order valence-corrected chi connectivity index (χ4v) is 3.58. The van der Waals surface area contributed by atoms with Crippen molar-refractivity contribution in [2.75, 3.05) is 13.1 Å². The minimum atomic E-state index is -8.83. The van der Waals surface area contributed by atoms with E-state index in [2.05, 4.69) is 6.92 Å². The van der Waals surface area contributed by atoms with Crippen molar-refractivity contribution in [3.05, 3.63) is 6.92 Å². The smallest absolute Gasteiger partial charge is 0.206 e. The zero-order chi connectivity index (χ0) is 28.2. The van der Waals surface area contributed by atoms with Crippen molar-refractivity contribution in [1.29, 1.82) is 0 Å². The fraction of sp³-hybridized carbons (Fsp3) is 0.923. The minimum Gasteiger partial charge on any atom is -0.206 e. The van der Waals surface area contributed by atoms with Crippen molar-refractivity contribution in [1.82, 2.24) is 4.31 Å². The Morgan fingerprint density at radius 2 is 0.882 bits per heavy atom. The summed E-state index contributed by atoms with van der Waals surface area (Å²) in [5, 5.41) is -7.52. The molecule has 0 aliphatic carbocycles. The maximum atomic E-state index is 13.9. The van der Waals surface area contributed by atoms with Gasteiger partial charge in [-0.3, -0.25) is 0 Å². The third kappa shape index (κ3) is 4.06. The van der Waals surface area contributed by atoms with E-state index >= 15 is 0 Å². The Morgan fingerprint density at radius 1 is 0.588 bits per heavy atom. The molecule has 34 heavy (non-hydrogen) atoms. The summed E-state index contributed by atoms with van der Waals surface area (Å²) in [4.78, 5) is 0. The molecule has 0 fully saturated rings. The molecule has 0 saturated heterocycles. The summed E-state index contributed by atoms with van der Waals surface area (Å²) in [6, 6.07) is 0. The molecule has 0 aliphatic rings. The van der Waals surface area contributed by atoms with Gasteiger partial charge >= 0.3 is 47.0 Å². The first-order chi connectivity index (χ1) is 14.5. The first kappa shape index (κ1) is 32.7. The molecule has 3 nitrogen and oxygen atoms in total. The Bertz CT molecular complexity index is 833. The van der Waals surface area contributed by atoms with Crippen LogP contribution in [0.3, 0.4) is 0 Å². The number of nitrogens with zero attached hydrogens (tertiary/aromatic N) is 1. The highest BCUT2D eigenvalue weighted by Gasteiger charge is 2.96. The van der Waals surface area contributed by atoms with E-state index in [-0.39, 0.29) is 0 Å². The summed E-state index contributed by atoms with van der Waals surface area (Å²) < 4.78 is 246. The highest BCUT2D eigenvalue weighted by atomic mass is 32.2. The van der Waals surface area contributed by atoms with Gasteiger partial charge in [-0.15, -0.1) is 0 Å². The second-order valence-corrected chi connectivity index (χ2v) is 8.29. The van der Waals surface area contributed by atoms with Gasteiger partial charge in [0.2, 0.25) is 0 Å². The predicted octanol–water partition coefficient (Wildman–Crippen LogP) is 5.83. The lowest BCUT2D eigenvalue weighted by Crippen LogP contribution is -2.75. The molecule has 0 unspecified atom stereocenters. The molecule has 0 heterocycles. The lowest BCUT2D eigenvalue weighted by atomic mass is 9.91. The molecular weight excluding hydrogens is 557 g/mol. The topological polar surface area (TPSA) is 37.4 Å². The molecule has 0 aromatic carbocycles. The normalized spacial score (nSPS) is 16.4. The van der Waals surface area contributed by atoms with Crippen LogP contribution in [0.15, 0.2) is 0 Å². The largest absolute Gasteiger partial charge is 0.460 e. The van der Waals surface area contributed by atoms with Crippen molar-refractivity contribution in [3.63, 3.8) is 0 Å². The molecule has 0 aromatic heterocycles. The van der Waals surface area contributed by atoms with E-state index in [0.717, 1.165) is 0 Å². The van der Waals surface area contributed by atoms with Crippen molar-refractivity contribution >= 4 is 10.0 Å². The number of halogens is 17. The maximum Gasteiger partial charge on any atom is 0.460 e. The van der Waals surface area contributed by atoms with E-state index in [4.69, 9.17) is 0 Å². The second kappa shape index (κ2) is 8.68. The van der Waals surface area contributed by atoms with Crippen LogP contribution in [0.5, 0.6) is 0 Å². The van der Waals surface area contributed by atoms with Crippen LogP contribution in [0, 0.1) is 6.92 Å². The summed E-state index contributed by atoms with van der Waals surface area (Å²) >= 11 is 0. The molecule has 0 spiro atoms. The van der Waals surface area contributed by atoms with Crippen molar-refractivity contribution in [3.8, 4) is 0 Å². The minimum absolute atomic E-state index is 0.599. The van der Waals surface area contributed by atoms with E-state index in [9.17, 15) is 83.1 Å². The monoisotopic (exact) mass is 568 g/mol. The fourth-order valence-electron chi connectivity index (χ4n) is 2.10. The van der Waals surface area contributed by atoms with Crippen LogP contribution < -0.4 is 0 Å². The van der Waals surface area contributed by atoms with Crippen LogP contribution in [0.4, 0.5) is 74.6 Å². The Labute approximate surface area is 178 Å². The first-order valence-corrected chi connectivity index (χ1v) is 9.46. The van der Waals surface area contributed by atoms with Gasteiger partial charge in [-0.1, -0.05) is 13.8 Å². The van der Waals surface area contributed by atoms with Gasteiger partial charge in [0.15, 0.2) is 0 Å². The van der Waals surface area contributed by atoms with Crippen LogP contribution in [0.1, 0.15) is 13.3 Å². The molecule has 0 amide bonds. The average molecular weight is 568 g/mol.